The predicted molar refractivity (Wildman–Crippen MR) is 78.4 cm³/mol. The molecule has 1 aromatic carbocycles. The molecule has 1 aromatic heterocycles. The lowest BCUT2D eigenvalue weighted by atomic mass is 10.2. The summed E-state index contributed by atoms with van der Waals surface area (Å²) in [5.74, 6) is 0.405. The van der Waals surface area contributed by atoms with Crippen LogP contribution < -0.4 is 4.72 Å². The third kappa shape index (κ3) is 2.23. The Hall–Kier alpha value is -1.73. The van der Waals surface area contributed by atoms with E-state index in [1.807, 2.05) is 12.3 Å². The summed E-state index contributed by atoms with van der Waals surface area (Å²) in [5, 5.41) is 2.79. The van der Waals surface area contributed by atoms with Gasteiger partial charge in [-0.15, -0.1) is 11.3 Å². The van der Waals surface area contributed by atoms with Gasteiger partial charge in [-0.05, 0) is 18.6 Å². The maximum absolute atomic E-state index is 12.0. The van der Waals surface area contributed by atoms with Crippen LogP contribution in [-0.2, 0) is 10.0 Å². The van der Waals surface area contributed by atoms with Gasteiger partial charge in [0.1, 0.15) is 16.9 Å². The predicted octanol–water partition coefficient (Wildman–Crippen LogP) is 2.33. The molecule has 1 aliphatic heterocycles. The molecule has 0 bridgehead atoms. The zero-order chi connectivity index (χ0) is 14.2. The third-order valence-corrected chi connectivity index (χ3v) is 5.34. The Morgan fingerprint density at radius 3 is 2.90 bits per heavy atom. The van der Waals surface area contributed by atoms with Gasteiger partial charge in [-0.3, -0.25) is 9.71 Å². The van der Waals surface area contributed by atoms with Gasteiger partial charge < -0.3 is 0 Å². The first-order valence-corrected chi connectivity index (χ1v) is 8.57. The molecule has 0 saturated heterocycles. The van der Waals surface area contributed by atoms with E-state index in [4.69, 9.17) is 0 Å². The molecule has 1 N–H and O–H groups in total. The molecule has 0 saturated carbocycles. The summed E-state index contributed by atoms with van der Waals surface area (Å²) in [4.78, 5) is 9.09. The molecule has 1 aliphatic rings. The largest absolute Gasteiger partial charge is 0.263 e. The maximum Gasteiger partial charge on any atom is 0.263 e. The molecule has 0 fully saturated rings. The molecule has 2 aromatic rings. The number of aromatic nitrogens is 1. The average molecular weight is 307 g/mol. The van der Waals surface area contributed by atoms with Crippen molar-refractivity contribution >= 4 is 27.2 Å². The molecule has 0 radical (unpaired) electrons. The van der Waals surface area contributed by atoms with Crippen LogP contribution in [0.5, 0.6) is 0 Å². The van der Waals surface area contributed by atoms with Gasteiger partial charge in [0.2, 0.25) is 0 Å². The van der Waals surface area contributed by atoms with E-state index in [1.165, 1.54) is 11.3 Å². The summed E-state index contributed by atoms with van der Waals surface area (Å²) < 4.78 is 26.6. The lowest BCUT2D eigenvalue weighted by molar-refractivity contribution is 0.594. The van der Waals surface area contributed by atoms with E-state index in [1.54, 1.807) is 30.5 Å². The van der Waals surface area contributed by atoms with Crippen LogP contribution in [0.4, 0.5) is 0 Å². The molecule has 0 amide bonds. The smallest absolute Gasteiger partial charge is 0.263 e. The SMILES string of the molecule is CCC(N=C1NS(=O)(=O)c2ccccc21)c1nccs1. The van der Waals surface area contributed by atoms with Gasteiger partial charge >= 0.3 is 0 Å². The molecule has 5 nitrogen and oxygen atoms in total. The number of thiazole rings is 1. The number of amidine groups is 1. The van der Waals surface area contributed by atoms with Crippen molar-refractivity contribution in [3.8, 4) is 0 Å². The molecular weight excluding hydrogens is 294 g/mol. The number of sulfonamides is 1. The van der Waals surface area contributed by atoms with Crippen molar-refractivity contribution in [2.24, 2.45) is 4.99 Å². The van der Waals surface area contributed by atoms with Crippen LogP contribution in [0.2, 0.25) is 0 Å². The molecule has 2 heterocycles. The van der Waals surface area contributed by atoms with E-state index >= 15 is 0 Å². The summed E-state index contributed by atoms with van der Waals surface area (Å²) in [7, 11) is -3.48. The average Bonchev–Trinajstić information content (AvgIpc) is 3.04. The van der Waals surface area contributed by atoms with Gasteiger partial charge in [-0.1, -0.05) is 19.1 Å². The third-order valence-electron chi connectivity index (χ3n) is 3.07. The van der Waals surface area contributed by atoms with Crippen LogP contribution in [0.25, 0.3) is 0 Å². The number of nitrogens with one attached hydrogen (secondary N) is 1. The number of benzene rings is 1. The van der Waals surface area contributed by atoms with Crippen molar-refractivity contribution in [2.75, 3.05) is 0 Å². The summed E-state index contributed by atoms with van der Waals surface area (Å²) in [6, 6.07) is 6.74. The molecular formula is C13H13N3O2S2. The van der Waals surface area contributed by atoms with E-state index in [2.05, 4.69) is 14.7 Å². The lowest BCUT2D eigenvalue weighted by Gasteiger charge is -2.08. The number of rotatable bonds is 3. The fourth-order valence-electron chi connectivity index (χ4n) is 2.11. The van der Waals surface area contributed by atoms with Gasteiger partial charge in [-0.2, -0.15) is 0 Å². The first-order chi connectivity index (χ1) is 9.62. The Morgan fingerprint density at radius 2 is 2.20 bits per heavy atom. The second kappa shape index (κ2) is 4.99. The van der Waals surface area contributed by atoms with Crippen molar-refractivity contribution in [2.45, 2.75) is 24.3 Å². The zero-order valence-electron chi connectivity index (χ0n) is 10.8. The van der Waals surface area contributed by atoms with Gasteiger partial charge in [-0.25, -0.2) is 13.4 Å². The molecule has 20 heavy (non-hydrogen) atoms. The Bertz CT molecular complexity index is 752. The van der Waals surface area contributed by atoms with Gasteiger partial charge in [0.05, 0.1) is 4.90 Å². The van der Waals surface area contributed by atoms with Crippen LogP contribution in [0, 0.1) is 0 Å². The highest BCUT2D eigenvalue weighted by atomic mass is 32.2. The summed E-state index contributed by atoms with van der Waals surface area (Å²) in [5.41, 5.74) is 0.627. The molecule has 0 aliphatic carbocycles. The van der Waals surface area contributed by atoms with Crippen LogP contribution in [0.3, 0.4) is 0 Å². The lowest BCUT2D eigenvalue weighted by Crippen LogP contribution is -2.22. The minimum atomic E-state index is -3.48. The number of hydrogen-bond acceptors (Lipinski definition) is 5. The summed E-state index contributed by atoms with van der Waals surface area (Å²) >= 11 is 1.52. The highest BCUT2D eigenvalue weighted by Gasteiger charge is 2.31. The first kappa shape index (κ1) is 13.3. The van der Waals surface area contributed by atoms with Crippen LogP contribution in [0.1, 0.15) is 30.0 Å². The van der Waals surface area contributed by atoms with Crippen molar-refractivity contribution < 1.29 is 8.42 Å². The molecule has 104 valence electrons. The minimum Gasteiger partial charge on any atom is -0.263 e. The molecule has 3 rings (SSSR count). The fraction of sp³-hybridized carbons (Fsp3) is 0.231. The van der Waals surface area contributed by atoms with E-state index in [-0.39, 0.29) is 10.9 Å². The Morgan fingerprint density at radius 1 is 1.40 bits per heavy atom. The van der Waals surface area contributed by atoms with E-state index in [0.29, 0.717) is 11.4 Å². The fourth-order valence-corrected chi connectivity index (χ4v) is 4.10. The maximum atomic E-state index is 12.0. The van der Waals surface area contributed by atoms with Gasteiger partial charge in [0, 0.05) is 17.1 Å². The van der Waals surface area contributed by atoms with E-state index in [9.17, 15) is 8.42 Å². The van der Waals surface area contributed by atoms with Crippen LogP contribution in [-0.4, -0.2) is 19.2 Å². The molecule has 1 atom stereocenters. The highest BCUT2D eigenvalue weighted by molar-refractivity contribution is 7.90. The topological polar surface area (TPSA) is 71.4 Å². The number of aliphatic imine (C=N–C) groups is 1. The van der Waals surface area contributed by atoms with E-state index < -0.39 is 10.0 Å². The monoisotopic (exact) mass is 307 g/mol. The minimum absolute atomic E-state index is 0.126. The molecule has 7 heteroatoms. The normalized spacial score (nSPS) is 19.6. The standard InChI is InChI=1S/C13H13N3O2S2/c1-2-10(13-14-7-8-19-13)15-12-9-5-3-4-6-11(9)20(17,18)16-12/h3-8,10H,2H2,1H3,(H,15,16). The Balaban J connectivity index is 2.06. The molecule has 1 unspecified atom stereocenters. The van der Waals surface area contributed by atoms with Crippen molar-refractivity contribution in [3.05, 3.63) is 46.4 Å². The second-order valence-electron chi connectivity index (χ2n) is 4.37. The summed E-state index contributed by atoms with van der Waals surface area (Å²) in [6.45, 7) is 2.01. The molecule has 0 spiro atoms. The highest BCUT2D eigenvalue weighted by Crippen LogP contribution is 2.27. The number of nitrogens with zero attached hydrogens (tertiary/aromatic N) is 2. The Kier molecular flexibility index (Phi) is 3.31. The van der Waals surface area contributed by atoms with Gasteiger partial charge in [0.15, 0.2) is 0 Å². The quantitative estimate of drug-likeness (QED) is 0.946. The van der Waals surface area contributed by atoms with Crippen molar-refractivity contribution in [1.29, 1.82) is 0 Å². The number of fused-ring (bicyclic) bond motifs is 1. The second-order valence-corrected chi connectivity index (χ2v) is 6.95. The van der Waals surface area contributed by atoms with Crippen molar-refractivity contribution in [1.82, 2.24) is 9.71 Å². The van der Waals surface area contributed by atoms with Crippen LogP contribution in [0.15, 0.2) is 45.7 Å². The zero-order valence-corrected chi connectivity index (χ0v) is 12.4. The van der Waals surface area contributed by atoms with Crippen molar-refractivity contribution in [3.63, 3.8) is 0 Å². The van der Waals surface area contributed by atoms with E-state index in [0.717, 1.165) is 11.4 Å². The number of hydrogen-bond donors (Lipinski definition) is 1. The van der Waals surface area contributed by atoms with Crippen LogP contribution >= 0.6 is 11.3 Å². The van der Waals surface area contributed by atoms with Gasteiger partial charge in [0.25, 0.3) is 10.0 Å². The first-order valence-electron chi connectivity index (χ1n) is 6.21. The summed E-state index contributed by atoms with van der Waals surface area (Å²) in [6.07, 6.45) is 2.50. The Labute approximate surface area is 121 Å².